The molecule has 0 unspecified atom stereocenters. The maximum absolute atomic E-state index is 12.8. The molecule has 2 heterocycles. The molecular formula is C17H28N4O2. The van der Waals surface area contributed by atoms with Crippen LogP contribution in [0.15, 0.2) is 12.4 Å². The van der Waals surface area contributed by atoms with E-state index in [1.165, 1.54) is 0 Å². The van der Waals surface area contributed by atoms with Gasteiger partial charge >= 0.3 is 6.03 Å². The van der Waals surface area contributed by atoms with Crippen LogP contribution in [-0.4, -0.2) is 45.8 Å². The molecule has 1 aromatic rings. The summed E-state index contributed by atoms with van der Waals surface area (Å²) in [6.45, 7) is 6.21. The number of amides is 2. The smallest absolute Gasteiger partial charge is 0.318 e. The van der Waals surface area contributed by atoms with E-state index in [2.05, 4.69) is 24.1 Å². The van der Waals surface area contributed by atoms with Crippen molar-refractivity contribution in [2.45, 2.75) is 51.2 Å². The van der Waals surface area contributed by atoms with Crippen molar-refractivity contribution in [1.29, 1.82) is 0 Å². The van der Waals surface area contributed by atoms with Gasteiger partial charge in [-0.15, -0.1) is 0 Å². The van der Waals surface area contributed by atoms with Gasteiger partial charge in [0, 0.05) is 26.0 Å². The number of morpholine rings is 1. The van der Waals surface area contributed by atoms with E-state index in [4.69, 9.17) is 4.74 Å². The average molecular weight is 320 g/mol. The number of aromatic nitrogens is 2. The Morgan fingerprint density at radius 1 is 1.48 bits per heavy atom. The maximum atomic E-state index is 12.8. The minimum atomic E-state index is -0.187. The number of rotatable bonds is 5. The molecule has 1 atom stereocenters. The number of carbonyl (C=O) groups excluding carboxylic acids is 1. The fourth-order valence-corrected chi connectivity index (χ4v) is 3.42. The SMILES string of the molecule is CCC1(CC)CN(C(=O)N[C@H](c2nccn2C)C2CC2)CCO1. The van der Waals surface area contributed by atoms with Gasteiger partial charge < -0.3 is 19.5 Å². The lowest BCUT2D eigenvalue weighted by Gasteiger charge is -2.42. The van der Waals surface area contributed by atoms with Gasteiger partial charge in [-0.2, -0.15) is 0 Å². The highest BCUT2D eigenvalue weighted by atomic mass is 16.5. The zero-order valence-corrected chi connectivity index (χ0v) is 14.4. The molecule has 23 heavy (non-hydrogen) atoms. The number of nitrogens with zero attached hydrogens (tertiary/aromatic N) is 3. The highest BCUT2D eigenvalue weighted by molar-refractivity contribution is 5.75. The predicted molar refractivity (Wildman–Crippen MR) is 88.0 cm³/mol. The topological polar surface area (TPSA) is 59.4 Å². The van der Waals surface area contributed by atoms with Gasteiger partial charge in [-0.05, 0) is 31.6 Å². The molecule has 1 N–H and O–H groups in total. The molecular weight excluding hydrogens is 292 g/mol. The Hall–Kier alpha value is -1.56. The van der Waals surface area contributed by atoms with Crippen LogP contribution in [0.3, 0.4) is 0 Å². The molecule has 0 radical (unpaired) electrons. The van der Waals surface area contributed by atoms with Crippen molar-refractivity contribution in [2.24, 2.45) is 13.0 Å². The fourth-order valence-electron chi connectivity index (χ4n) is 3.42. The Morgan fingerprint density at radius 2 is 2.22 bits per heavy atom. The predicted octanol–water partition coefficient (Wildman–Crippen LogP) is 2.47. The van der Waals surface area contributed by atoms with Crippen LogP contribution in [0.25, 0.3) is 0 Å². The lowest BCUT2D eigenvalue weighted by Crippen LogP contribution is -2.56. The van der Waals surface area contributed by atoms with Crippen LogP contribution in [-0.2, 0) is 11.8 Å². The van der Waals surface area contributed by atoms with Crippen molar-refractivity contribution in [3.8, 4) is 0 Å². The van der Waals surface area contributed by atoms with E-state index in [1.54, 1.807) is 6.20 Å². The standard InChI is InChI=1S/C17H28N4O2/c1-4-17(5-2)12-21(10-11-23-17)16(22)19-14(13-6-7-13)15-18-8-9-20(15)3/h8-9,13-14H,4-7,10-12H2,1-3H3,(H,19,22)/t14-/m0/s1. The Balaban J connectivity index is 1.69. The van der Waals surface area contributed by atoms with E-state index in [1.807, 2.05) is 22.7 Å². The third-order valence-electron chi connectivity index (χ3n) is 5.33. The summed E-state index contributed by atoms with van der Waals surface area (Å²) in [6.07, 6.45) is 7.91. The number of hydrogen-bond acceptors (Lipinski definition) is 3. The quantitative estimate of drug-likeness (QED) is 0.906. The van der Waals surface area contributed by atoms with Crippen molar-refractivity contribution >= 4 is 6.03 Å². The minimum absolute atomic E-state index is 0.0134. The van der Waals surface area contributed by atoms with Gasteiger partial charge in [0.15, 0.2) is 0 Å². The summed E-state index contributed by atoms with van der Waals surface area (Å²) in [6, 6.07) is 0.0301. The molecule has 6 heteroatoms. The Morgan fingerprint density at radius 3 is 2.78 bits per heavy atom. The van der Waals surface area contributed by atoms with Crippen LogP contribution < -0.4 is 5.32 Å². The molecule has 1 aliphatic carbocycles. The van der Waals surface area contributed by atoms with Crippen LogP contribution in [0, 0.1) is 5.92 Å². The van der Waals surface area contributed by atoms with Gasteiger partial charge in [0.1, 0.15) is 5.82 Å². The van der Waals surface area contributed by atoms with Gasteiger partial charge in [-0.3, -0.25) is 0 Å². The summed E-state index contributed by atoms with van der Waals surface area (Å²) >= 11 is 0. The zero-order valence-electron chi connectivity index (χ0n) is 14.4. The summed E-state index contributed by atoms with van der Waals surface area (Å²) in [5.41, 5.74) is -0.187. The first-order valence-electron chi connectivity index (χ1n) is 8.75. The van der Waals surface area contributed by atoms with Crippen molar-refractivity contribution < 1.29 is 9.53 Å². The number of imidazole rings is 1. The monoisotopic (exact) mass is 320 g/mol. The molecule has 3 rings (SSSR count). The first-order chi connectivity index (χ1) is 11.1. The largest absolute Gasteiger partial charge is 0.371 e. The Kier molecular flexibility index (Phi) is 4.62. The molecule has 2 amide bonds. The second-order valence-corrected chi connectivity index (χ2v) is 6.82. The molecule has 1 saturated heterocycles. The molecule has 128 valence electrons. The summed E-state index contributed by atoms with van der Waals surface area (Å²) in [5.74, 6) is 1.47. The normalized spacial score (nSPS) is 22.0. The van der Waals surface area contributed by atoms with Gasteiger partial charge in [-0.1, -0.05) is 13.8 Å². The molecule has 6 nitrogen and oxygen atoms in total. The summed E-state index contributed by atoms with van der Waals surface area (Å²) in [7, 11) is 1.98. The van der Waals surface area contributed by atoms with Crippen molar-refractivity contribution in [3.05, 3.63) is 18.2 Å². The highest BCUT2D eigenvalue weighted by Crippen LogP contribution is 2.40. The summed E-state index contributed by atoms with van der Waals surface area (Å²) in [4.78, 5) is 19.1. The lowest BCUT2D eigenvalue weighted by molar-refractivity contribution is -0.101. The van der Waals surface area contributed by atoms with E-state index in [9.17, 15) is 4.79 Å². The maximum Gasteiger partial charge on any atom is 0.318 e. The zero-order chi connectivity index (χ0) is 16.4. The summed E-state index contributed by atoms with van der Waals surface area (Å²) in [5, 5.41) is 3.23. The molecule has 0 spiro atoms. The molecule has 0 bridgehead atoms. The van der Waals surface area contributed by atoms with E-state index in [0.29, 0.717) is 25.6 Å². The van der Waals surface area contributed by atoms with Crippen LogP contribution in [0.5, 0.6) is 0 Å². The second-order valence-electron chi connectivity index (χ2n) is 6.82. The van der Waals surface area contributed by atoms with Gasteiger partial charge in [0.25, 0.3) is 0 Å². The summed E-state index contributed by atoms with van der Waals surface area (Å²) < 4.78 is 7.97. The molecule has 0 aromatic carbocycles. The first kappa shape index (κ1) is 16.3. The van der Waals surface area contributed by atoms with E-state index < -0.39 is 0 Å². The van der Waals surface area contributed by atoms with Crippen LogP contribution in [0.4, 0.5) is 4.79 Å². The van der Waals surface area contributed by atoms with Crippen molar-refractivity contribution in [2.75, 3.05) is 19.7 Å². The number of ether oxygens (including phenoxy) is 1. The Bertz CT molecular complexity index is 549. The van der Waals surface area contributed by atoms with E-state index in [-0.39, 0.29) is 17.7 Å². The van der Waals surface area contributed by atoms with Crippen molar-refractivity contribution in [3.63, 3.8) is 0 Å². The van der Waals surface area contributed by atoms with Crippen LogP contribution >= 0.6 is 0 Å². The van der Waals surface area contributed by atoms with Gasteiger partial charge in [0.2, 0.25) is 0 Å². The van der Waals surface area contributed by atoms with E-state index in [0.717, 1.165) is 31.5 Å². The second kappa shape index (κ2) is 6.51. The van der Waals surface area contributed by atoms with Gasteiger partial charge in [-0.25, -0.2) is 9.78 Å². The number of hydrogen-bond donors (Lipinski definition) is 1. The number of urea groups is 1. The Labute approximate surface area is 138 Å². The highest BCUT2D eigenvalue weighted by Gasteiger charge is 2.39. The first-order valence-corrected chi connectivity index (χ1v) is 8.75. The number of carbonyl (C=O) groups is 1. The molecule has 1 aromatic heterocycles. The lowest BCUT2D eigenvalue weighted by atomic mass is 9.95. The third-order valence-corrected chi connectivity index (χ3v) is 5.33. The number of aryl methyl sites for hydroxylation is 1. The molecule has 2 fully saturated rings. The van der Waals surface area contributed by atoms with Gasteiger partial charge in [0.05, 0.1) is 24.8 Å². The third kappa shape index (κ3) is 3.37. The van der Waals surface area contributed by atoms with Crippen LogP contribution in [0.2, 0.25) is 0 Å². The van der Waals surface area contributed by atoms with Crippen molar-refractivity contribution in [1.82, 2.24) is 19.8 Å². The van der Waals surface area contributed by atoms with Crippen LogP contribution in [0.1, 0.15) is 51.4 Å². The fraction of sp³-hybridized carbons (Fsp3) is 0.765. The molecule has 2 aliphatic rings. The van der Waals surface area contributed by atoms with E-state index >= 15 is 0 Å². The molecule has 1 aliphatic heterocycles. The molecule has 1 saturated carbocycles. The number of nitrogens with one attached hydrogen (secondary N) is 1. The average Bonchev–Trinajstić information content (AvgIpc) is 3.34. The minimum Gasteiger partial charge on any atom is -0.371 e.